The molecule has 8 nitrogen and oxygen atoms in total. The van der Waals surface area contributed by atoms with Crippen LogP contribution in [0.4, 0.5) is 0 Å². The lowest BCUT2D eigenvalue weighted by atomic mass is 10.1. The van der Waals surface area contributed by atoms with Crippen LogP contribution in [0.3, 0.4) is 0 Å². The van der Waals surface area contributed by atoms with E-state index in [9.17, 15) is 13.2 Å². The predicted octanol–water partition coefficient (Wildman–Crippen LogP) is 2.44. The molecule has 1 amide bonds. The minimum absolute atomic E-state index is 0.00242. The second-order valence-corrected chi connectivity index (χ2v) is 10.2. The lowest BCUT2D eigenvalue weighted by molar-refractivity contribution is -0.120. The smallest absolute Gasteiger partial charge is 0.266 e. The van der Waals surface area contributed by atoms with Crippen LogP contribution in [0.1, 0.15) is 13.8 Å². The summed E-state index contributed by atoms with van der Waals surface area (Å²) in [5.74, 6) is 0.0127. The number of para-hydroxylation sites is 1. The van der Waals surface area contributed by atoms with E-state index in [0.717, 1.165) is 10.2 Å². The number of rotatable bonds is 5. The standard InChI is InChI=1S/C21H23N3O5S2/c1-13(2)19(20(25)22-21-24(3)15-6-4-5-7-18(15)30-21)23-31(26,27)14-8-9-16-17(12-14)29-11-10-28-16/h4-9,12-13,19,23H,10-11H2,1-3H3. The molecular weight excluding hydrogens is 438 g/mol. The summed E-state index contributed by atoms with van der Waals surface area (Å²) in [5, 5.41) is 0. The second kappa shape index (κ2) is 8.45. The van der Waals surface area contributed by atoms with Crippen molar-refractivity contribution in [1.29, 1.82) is 0 Å². The van der Waals surface area contributed by atoms with Gasteiger partial charge in [-0.25, -0.2) is 8.42 Å². The van der Waals surface area contributed by atoms with Crippen LogP contribution >= 0.6 is 11.3 Å². The van der Waals surface area contributed by atoms with Crippen LogP contribution in [0.5, 0.6) is 11.5 Å². The molecule has 1 unspecified atom stereocenters. The molecule has 0 spiro atoms. The summed E-state index contributed by atoms with van der Waals surface area (Å²) >= 11 is 1.38. The molecule has 1 aliphatic heterocycles. The molecular formula is C21H23N3O5S2. The zero-order valence-electron chi connectivity index (χ0n) is 17.4. The number of ether oxygens (including phenoxy) is 2. The van der Waals surface area contributed by atoms with Gasteiger partial charge in [-0.3, -0.25) is 4.79 Å². The van der Waals surface area contributed by atoms with Crippen molar-refractivity contribution in [3.63, 3.8) is 0 Å². The third-order valence-electron chi connectivity index (χ3n) is 4.96. The van der Waals surface area contributed by atoms with Gasteiger partial charge >= 0.3 is 0 Å². The molecule has 4 rings (SSSR count). The number of carbonyl (C=O) groups excluding carboxylic acids is 1. The molecule has 1 aliphatic rings. The molecule has 0 radical (unpaired) electrons. The Labute approximate surface area is 184 Å². The first kappa shape index (κ1) is 21.5. The van der Waals surface area contributed by atoms with Crippen LogP contribution in [0.2, 0.25) is 0 Å². The van der Waals surface area contributed by atoms with Crippen molar-refractivity contribution < 1.29 is 22.7 Å². The largest absolute Gasteiger partial charge is 0.486 e. The summed E-state index contributed by atoms with van der Waals surface area (Å²) in [7, 11) is -2.15. The molecule has 0 saturated heterocycles. The molecule has 3 aromatic rings. The molecule has 10 heteroatoms. The number of amides is 1. The maximum atomic E-state index is 13.0. The van der Waals surface area contributed by atoms with E-state index >= 15 is 0 Å². The van der Waals surface area contributed by atoms with Crippen LogP contribution in [0.25, 0.3) is 10.2 Å². The monoisotopic (exact) mass is 461 g/mol. The van der Waals surface area contributed by atoms with Crippen molar-refractivity contribution in [1.82, 2.24) is 9.29 Å². The molecule has 1 aromatic heterocycles. The van der Waals surface area contributed by atoms with Gasteiger partial charge in [-0.1, -0.05) is 37.3 Å². The van der Waals surface area contributed by atoms with E-state index < -0.39 is 22.0 Å². The van der Waals surface area contributed by atoms with E-state index in [2.05, 4.69) is 9.71 Å². The van der Waals surface area contributed by atoms with Gasteiger partial charge in [0.1, 0.15) is 19.3 Å². The molecule has 0 bridgehead atoms. The Hall–Kier alpha value is -2.69. The number of hydrogen-bond donors (Lipinski definition) is 1. The van der Waals surface area contributed by atoms with Crippen LogP contribution in [0, 0.1) is 5.92 Å². The van der Waals surface area contributed by atoms with Crippen molar-refractivity contribution in [2.45, 2.75) is 24.8 Å². The van der Waals surface area contributed by atoms with Gasteiger partial charge in [0.2, 0.25) is 10.0 Å². The van der Waals surface area contributed by atoms with Crippen molar-refractivity contribution in [2.75, 3.05) is 13.2 Å². The number of nitrogens with one attached hydrogen (secondary N) is 1. The Morgan fingerprint density at radius 1 is 1.13 bits per heavy atom. The molecule has 0 fully saturated rings. The lowest BCUT2D eigenvalue weighted by Gasteiger charge is -2.21. The highest BCUT2D eigenvalue weighted by Crippen LogP contribution is 2.32. The van der Waals surface area contributed by atoms with Gasteiger partial charge in [0.25, 0.3) is 5.91 Å². The quantitative estimate of drug-likeness (QED) is 0.629. The van der Waals surface area contributed by atoms with Gasteiger partial charge in [-0.05, 0) is 30.2 Å². The van der Waals surface area contributed by atoms with E-state index in [1.165, 1.54) is 23.5 Å². The number of nitrogens with zero attached hydrogens (tertiary/aromatic N) is 2. The summed E-state index contributed by atoms with van der Waals surface area (Å²) in [5.41, 5.74) is 0.956. The topological polar surface area (TPSA) is 99.0 Å². The van der Waals surface area contributed by atoms with Gasteiger partial charge in [0.05, 0.1) is 15.1 Å². The van der Waals surface area contributed by atoms with Crippen LogP contribution in [-0.2, 0) is 21.9 Å². The van der Waals surface area contributed by atoms with Crippen LogP contribution < -0.4 is 19.0 Å². The third-order valence-corrected chi connectivity index (χ3v) is 7.51. The lowest BCUT2D eigenvalue weighted by Crippen LogP contribution is -2.44. The minimum Gasteiger partial charge on any atom is -0.486 e. The molecule has 2 aromatic carbocycles. The zero-order valence-corrected chi connectivity index (χ0v) is 19.0. The zero-order chi connectivity index (χ0) is 22.2. The summed E-state index contributed by atoms with van der Waals surface area (Å²) in [4.78, 5) is 17.7. The van der Waals surface area contributed by atoms with Crippen molar-refractivity contribution in [3.8, 4) is 11.5 Å². The number of hydrogen-bond acceptors (Lipinski definition) is 6. The molecule has 1 N–H and O–H groups in total. The van der Waals surface area contributed by atoms with Gasteiger partial charge in [-0.2, -0.15) is 9.71 Å². The van der Waals surface area contributed by atoms with Gasteiger partial charge in [0.15, 0.2) is 16.3 Å². The summed E-state index contributed by atoms with van der Waals surface area (Å²) < 4.78 is 42.2. The number of sulfonamides is 1. The Bertz CT molecular complexity index is 1310. The highest BCUT2D eigenvalue weighted by Gasteiger charge is 2.29. The van der Waals surface area contributed by atoms with Crippen molar-refractivity contribution in [3.05, 3.63) is 47.3 Å². The molecule has 164 valence electrons. The first-order valence-corrected chi connectivity index (χ1v) is 12.1. The number of aryl methyl sites for hydroxylation is 1. The fourth-order valence-electron chi connectivity index (χ4n) is 3.25. The number of aromatic nitrogens is 1. The maximum Gasteiger partial charge on any atom is 0.266 e. The number of thiazole rings is 1. The van der Waals surface area contributed by atoms with Crippen LogP contribution in [0.15, 0.2) is 52.4 Å². The fraction of sp³-hybridized carbons (Fsp3) is 0.333. The average Bonchev–Trinajstić information content (AvgIpc) is 3.07. The molecule has 31 heavy (non-hydrogen) atoms. The van der Waals surface area contributed by atoms with Crippen LogP contribution in [-0.4, -0.2) is 38.1 Å². The summed E-state index contributed by atoms with van der Waals surface area (Å²) in [6.07, 6.45) is 0. The van der Waals surface area contributed by atoms with Gasteiger partial charge in [0, 0.05) is 13.1 Å². The van der Waals surface area contributed by atoms with Gasteiger partial charge < -0.3 is 14.0 Å². The number of carbonyl (C=O) groups is 1. The molecule has 1 atom stereocenters. The average molecular weight is 462 g/mol. The third kappa shape index (κ3) is 4.36. The van der Waals surface area contributed by atoms with E-state index in [1.807, 2.05) is 35.9 Å². The SMILES string of the molecule is CC(C)C(NS(=O)(=O)c1ccc2c(c1)OCCO2)C(=O)N=c1sc2ccccc2n1C. The van der Waals surface area contributed by atoms with Gasteiger partial charge in [-0.15, -0.1) is 0 Å². The number of fused-ring (bicyclic) bond motifs is 2. The van der Waals surface area contributed by atoms with Crippen molar-refractivity contribution >= 4 is 37.5 Å². The van der Waals surface area contributed by atoms with E-state index in [-0.39, 0.29) is 10.8 Å². The predicted molar refractivity (Wildman–Crippen MR) is 118 cm³/mol. The van der Waals surface area contributed by atoms with E-state index in [0.29, 0.717) is 29.5 Å². The highest BCUT2D eigenvalue weighted by atomic mass is 32.2. The Morgan fingerprint density at radius 3 is 2.55 bits per heavy atom. The Kier molecular flexibility index (Phi) is 5.87. The first-order chi connectivity index (χ1) is 14.8. The maximum absolute atomic E-state index is 13.0. The number of benzene rings is 2. The highest BCUT2D eigenvalue weighted by molar-refractivity contribution is 7.89. The summed E-state index contributed by atoms with van der Waals surface area (Å²) in [6.45, 7) is 4.31. The fourth-order valence-corrected chi connectivity index (χ4v) is 5.63. The second-order valence-electron chi connectivity index (χ2n) is 7.51. The molecule has 2 heterocycles. The molecule has 0 saturated carbocycles. The first-order valence-electron chi connectivity index (χ1n) is 9.81. The Balaban J connectivity index is 1.64. The normalized spacial score (nSPS) is 15.4. The minimum atomic E-state index is -3.98. The summed E-state index contributed by atoms with van der Waals surface area (Å²) in [6, 6.07) is 11.1. The molecule has 0 aliphatic carbocycles. The van der Waals surface area contributed by atoms with E-state index in [4.69, 9.17) is 9.47 Å². The Morgan fingerprint density at radius 2 is 1.84 bits per heavy atom. The van der Waals surface area contributed by atoms with Crippen molar-refractivity contribution in [2.24, 2.45) is 18.0 Å². The van der Waals surface area contributed by atoms with E-state index in [1.54, 1.807) is 19.9 Å².